The van der Waals surface area contributed by atoms with Gasteiger partial charge >= 0.3 is 0 Å². The Labute approximate surface area is 105 Å². The topological polar surface area (TPSA) is 24.5 Å². The molecular weight excluding hydrogens is 212 g/mol. The summed E-state index contributed by atoms with van der Waals surface area (Å²) in [6.45, 7) is 4.19. The summed E-state index contributed by atoms with van der Waals surface area (Å²) in [6, 6.07) is 8.66. The van der Waals surface area contributed by atoms with Gasteiger partial charge in [0.1, 0.15) is 5.75 Å². The molecule has 0 saturated heterocycles. The summed E-state index contributed by atoms with van der Waals surface area (Å²) in [6.07, 6.45) is 1.15. The maximum absolute atomic E-state index is 5.33. The van der Waals surface area contributed by atoms with Crippen molar-refractivity contribution in [3.05, 3.63) is 29.8 Å². The van der Waals surface area contributed by atoms with E-state index in [4.69, 9.17) is 4.74 Å². The van der Waals surface area contributed by atoms with Gasteiger partial charge < -0.3 is 15.0 Å². The number of rotatable bonds is 7. The second-order valence-electron chi connectivity index (χ2n) is 4.69. The Bertz CT molecular complexity index is 326. The van der Waals surface area contributed by atoms with Crippen molar-refractivity contribution in [1.29, 1.82) is 0 Å². The number of benzene rings is 1. The van der Waals surface area contributed by atoms with Crippen molar-refractivity contribution < 1.29 is 4.74 Å². The number of ether oxygens (including phenoxy) is 1. The molecule has 0 aromatic heterocycles. The highest BCUT2D eigenvalue weighted by Crippen LogP contribution is 2.16. The second kappa shape index (κ2) is 7.30. The van der Waals surface area contributed by atoms with E-state index in [1.165, 1.54) is 5.56 Å². The molecule has 3 nitrogen and oxygen atoms in total. The third-order valence-corrected chi connectivity index (χ3v) is 2.84. The molecule has 17 heavy (non-hydrogen) atoms. The van der Waals surface area contributed by atoms with Gasteiger partial charge in [-0.3, -0.25) is 0 Å². The van der Waals surface area contributed by atoms with Gasteiger partial charge in [0.2, 0.25) is 0 Å². The van der Waals surface area contributed by atoms with Gasteiger partial charge in [0.15, 0.2) is 0 Å². The lowest BCUT2D eigenvalue weighted by molar-refractivity contribution is 0.363. The molecule has 0 heterocycles. The van der Waals surface area contributed by atoms with Crippen LogP contribution in [0.1, 0.15) is 18.9 Å². The third kappa shape index (κ3) is 5.20. The van der Waals surface area contributed by atoms with Crippen LogP contribution in [0.4, 0.5) is 0 Å². The van der Waals surface area contributed by atoms with E-state index in [2.05, 4.69) is 37.3 Å². The normalized spacial score (nSPS) is 12.8. The number of methoxy groups -OCH3 is 1. The summed E-state index contributed by atoms with van der Waals surface area (Å²) >= 11 is 0. The van der Waals surface area contributed by atoms with Gasteiger partial charge in [-0.2, -0.15) is 0 Å². The summed E-state index contributed by atoms with van der Waals surface area (Å²) in [7, 11) is 5.92. The van der Waals surface area contributed by atoms with Crippen LogP contribution in [0.25, 0.3) is 0 Å². The Morgan fingerprint density at radius 3 is 2.65 bits per heavy atom. The first-order chi connectivity index (χ1) is 8.13. The molecular formula is C14H24N2O. The predicted molar refractivity (Wildman–Crippen MR) is 72.5 cm³/mol. The molecule has 1 rings (SSSR count). The molecule has 3 heteroatoms. The first kappa shape index (κ1) is 14.0. The maximum atomic E-state index is 5.33. The first-order valence-electron chi connectivity index (χ1n) is 6.13. The molecule has 0 fully saturated rings. The summed E-state index contributed by atoms with van der Waals surface area (Å²) in [5, 5.41) is 3.52. The van der Waals surface area contributed by atoms with Gasteiger partial charge in [0.25, 0.3) is 0 Å². The molecule has 0 saturated carbocycles. The molecule has 0 bridgehead atoms. The largest absolute Gasteiger partial charge is 0.496 e. The number of para-hydroxylation sites is 1. The van der Waals surface area contributed by atoms with Crippen LogP contribution in [0, 0.1) is 0 Å². The van der Waals surface area contributed by atoms with Crippen molar-refractivity contribution in [2.45, 2.75) is 25.9 Å². The molecule has 0 spiro atoms. The van der Waals surface area contributed by atoms with Crippen LogP contribution >= 0.6 is 0 Å². The van der Waals surface area contributed by atoms with E-state index in [-0.39, 0.29) is 0 Å². The van der Waals surface area contributed by atoms with Gasteiger partial charge in [-0.15, -0.1) is 0 Å². The van der Waals surface area contributed by atoms with Gasteiger partial charge in [0.05, 0.1) is 7.11 Å². The van der Waals surface area contributed by atoms with E-state index < -0.39 is 0 Å². The van der Waals surface area contributed by atoms with Crippen LogP contribution < -0.4 is 10.1 Å². The molecule has 1 aromatic carbocycles. The second-order valence-corrected chi connectivity index (χ2v) is 4.69. The first-order valence-corrected chi connectivity index (χ1v) is 6.13. The average Bonchev–Trinajstić information content (AvgIpc) is 2.34. The lowest BCUT2D eigenvalue weighted by Gasteiger charge is -2.17. The van der Waals surface area contributed by atoms with E-state index in [0.717, 1.165) is 25.3 Å². The average molecular weight is 236 g/mol. The fourth-order valence-electron chi connectivity index (χ4n) is 1.69. The smallest absolute Gasteiger partial charge is 0.123 e. The van der Waals surface area contributed by atoms with Crippen LogP contribution in [0.2, 0.25) is 0 Å². The zero-order valence-corrected chi connectivity index (χ0v) is 11.4. The van der Waals surface area contributed by atoms with Crippen LogP contribution in [-0.4, -0.2) is 38.7 Å². The maximum Gasteiger partial charge on any atom is 0.123 e. The zero-order valence-electron chi connectivity index (χ0n) is 11.4. The molecule has 1 atom stereocenters. The van der Waals surface area contributed by atoms with Crippen molar-refractivity contribution in [3.63, 3.8) is 0 Å². The molecule has 0 radical (unpaired) electrons. The van der Waals surface area contributed by atoms with E-state index in [1.54, 1.807) is 7.11 Å². The molecule has 0 aliphatic rings. The van der Waals surface area contributed by atoms with Crippen LogP contribution in [0.15, 0.2) is 24.3 Å². The Morgan fingerprint density at radius 1 is 1.29 bits per heavy atom. The van der Waals surface area contributed by atoms with Crippen molar-refractivity contribution in [3.8, 4) is 5.75 Å². The fraction of sp³-hybridized carbons (Fsp3) is 0.571. The van der Waals surface area contributed by atoms with Gasteiger partial charge in [-0.25, -0.2) is 0 Å². The molecule has 96 valence electrons. The zero-order chi connectivity index (χ0) is 12.7. The highest BCUT2D eigenvalue weighted by atomic mass is 16.5. The Kier molecular flexibility index (Phi) is 6.01. The van der Waals surface area contributed by atoms with Gasteiger partial charge in [-0.1, -0.05) is 18.2 Å². The highest BCUT2D eigenvalue weighted by Gasteiger charge is 2.05. The summed E-state index contributed by atoms with van der Waals surface area (Å²) in [5.41, 5.74) is 1.21. The van der Waals surface area contributed by atoms with Crippen molar-refractivity contribution in [2.24, 2.45) is 0 Å². The van der Waals surface area contributed by atoms with Crippen molar-refractivity contribution in [1.82, 2.24) is 10.2 Å². The van der Waals surface area contributed by atoms with Crippen LogP contribution in [-0.2, 0) is 6.54 Å². The molecule has 1 unspecified atom stereocenters. The van der Waals surface area contributed by atoms with Crippen LogP contribution in [0.3, 0.4) is 0 Å². The van der Waals surface area contributed by atoms with E-state index in [0.29, 0.717) is 6.04 Å². The molecule has 0 amide bonds. The number of nitrogens with one attached hydrogen (secondary N) is 1. The Morgan fingerprint density at radius 2 is 2.00 bits per heavy atom. The molecule has 0 aliphatic heterocycles. The van der Waals surface area contributed by atoms with Crippen LogP contribution in [0.5, 0.6) is 5.75 Å². The highest BCUT2D eigenvalue weighted by molar-refractivity contribution is 5.32. The lowest BCUT2D eigenvalue weighted by atomic mass is 10.1. The summed E-state index contributed by atoms with van der Waals surface area (Å²) in [5.74, 6) is 0.958. The van der Waals surface area contributed by atoms with Gasteiger partial charge in [0, 0.05) is 18.2 Å². The molecule has 0 aliphatic carbocycles. The summed E-state index contributed by atoms with van der Waals surface area (Å²) < 4.78 is 5.33. The minimum absolute atomic E-state index is 0.516. The minimum atomic E-state index is 0.516. The molecule has 1 aromatic rings. The Balaban J connectivity index is 2.39. The summed E-state index contributed by atoms with van der Waals surface area (Å²) in [4.78, 5) is 2.21. The standard InChI is InChI=1S/C14H24N2O/c1-12(9-10-16(2)3)15-11-13-7-5-6-8-14(13)17-4/h5-8,12,15H,9-11H2,1-4H3. The minimum Gasteiger partial charge on any atom is -0.496 e. The fourth-order valence-corrected chi connectivity index (χ4v) is 1.69. The van der Waals surface area contributed by atoms with E-state index in [9.17, 15) is 0 Å². The third-order valence-electron chi connectivity index (χ3n) is 2.84. The molecule has 1 N–H and O–H groups in total. The monoisotopic (exact) mass is 236 g/mol. The predicted octanol–water partition coefficient (Wildman–Crippen LogP) is 2.12. The number of hydrogen-bond donors (Lipinski definition) is 1. The van der Waals surface area contributed by atoms with E-state index >= 15 is 0 Å². The van der Waals surface area contributed by atoms with Crippen molar-refractivity contribution in [2.75, 3.05) is 27.7 Å². The SMILES string of the molecule is COc1ccccc1CNC(C)CCN(C)C. The number of nitrogens with zero attached hydrogens (tertiary/aromatic N) is 1. The lowest BCUT2D eigenvalue weighted by Crippen LogP contribution is -2.29. The van der Waals surface area contributed by atoms with E-state index in [1.807, 2.05) is 18.2 Å². The van der Waals surface area contributed by atoms with Crippen molar-refractivity contribution >= 4 is 0 Å². The number of hydrogen-bond acceptors (Lipinski definition) is 3. The quantitative estimate of drug-likeness (QED) is 0.785. The van der Waals surface area contributed by atoms with Gasteiger partial charge in [-0.05, 0) is 40.1 Å². The Hall–Kier alpha value is -1.06.